The minimum Gasteiger partial charge on any atom is -0.392 e. The molecule has 0 aliphatic heterocycles. The van der Waals surface area contributed by atoms with Gasteiger partial charge in [0.15, 0.2) is 0 Å². The van der Waals surface area contributed by atoms with Gasteiger partial charge in [-0.05, 0) is 30.1 Å². The number of carbonyl (C=O) groups is 1. The third kappa shape index (κ3) is 2.15. The normalized spacial score (nSPS) is 24.1. The van der Waals surface area contributed by atoms with Gasteiger partial charge in [-0.1, -0.05) is 46.8 Å². The largest absolute Gasteiger partial charge is 0.392 e. The molecule has 0 aromatic rings. The molecule has 0 bridgehead atoms. The molecule has 18 heavy (non-hydrogen) atoms. The highest BCUT2D eigenvalue weighted by atomic mass is 32.1. The summed E-state index contributed by atoms with van der Waals surface area (Å²) in [4.78, 5) is 12.5. The van der Waals surface area contributed by atoms with Gasteiger partial charge in [0.2, 0.25) is 5.91 Å². The first kappa shape index (κ1) is 15.4. The van der Waals surface area contributed by atoms with Crippen molar-refractivity contribution in [2.45, 2.75) is 48.0 Å². The van der Waals surface area contributed by atoms with Crippen molar-refractivity contribution in [1.82, 2.24) is 5.32 Å². The maximum Gasteiger partial charge on any atom is 0.232 e. The lowest BCUT2D eigenvalue weighted by atomic mass is 9.86. The van der Waals surface area contributed by atoms with E-state index in [0.717, 1.165) is 0 Å². The summed E-state index contributed by atoms with van der Waals surface area (Å²) in [5.41, 5.74) is 5.53. The fourth-order valence-corrected chi connectivity index (χ4v) is 2.92. The van der Waals surface area contributed by atoms with E-state index in [1.54, 1.807) is 0 Å². The quantitative estimate of drug-likeness (QED) is 0.755. The van der Waals surface area contributed by atoms with Gasteiger partial charge in [-0.2, -0.15) is 0 Å². The number of thiocarbonyl (C=S) groups is 1. The van der Waals surface area contributed by atoms with Gasteiger partial charge >= 0.3 is 0 Å². The zero-order valence-electron chi connectivity index (χ0n) is 12.4. The van der Waals surface area contributed by atoms with Crippen LogP contribution in [-0.4, -0.2) is 17.4 Å². The van der Waals surface area contributed by atoms with Crippen molar-refractivity contribution in [2.75, 3.05) is 6.54 Å². The van der Waals surface area contributed by atoms with E-state index in [-0.39, 0.29) is 21.7 Å². The molecule has 0 aromatic carbocycles. The van der Waals surface area contributed by atoms with Gasteiger partial charge in [-0.3, -0.25) is 4.79 Å². The lowest BCUT2D eigenvalue weighted by Crippen LogP contribution is -2.47. The summed E-state index contributed by atoms with van der Waals surface area (Å²) in [5, 5.41) is 3.02. The van der Waals surface area contributed by atoms with E-state index in [1.165, 1.54) is 0 Å². The van der Waals surface area contributed by atoms with Crippen LogP contribution in [0.15, 0.2) is 0 Å². The fraction of sp³-hybridized carbons (Fsp3) is 0.857. The monoisotopic (exact) mass is 270 g/mol. The standard InChI is InChI=1S/C14H26N2OS/c1-7-14(6,10(15)18)11(17)16-8-9-12(2,3)13(9,4)5/h9H,7-8H2,1-6H3,(H2,15,18)(H,16,17). The van der Waals surface area contributed by atoms with Gasteiger partial charge in [0.1, 0.15) is 0 Å². The second kappa shape index (κ2) is 4.48. The molecule has 0 heterocycles. The van der Waals surface area contributed by atoms with Crippen LogP contribution < -0.4 is 11.1 Å². The van der Waals surface area contributed by atoms with Crippen molar-refractivity contribution in [1.29, 1.82) is 0 Å². The maximum absolute atomic E-state index is 12.2. The van der Waals surface area contributed by atoms with E-state index in [9.17, 15) is 4.79 Å². The van der Waals surface area contributed by atoms with Crippen LogP contribution in [0, 0.1) is 22.2 Å². The van der Waals surface area contributed by atoms with E-state index in [2.05, 4.69) is 33.0 Å². The molecule has 3 nitrogen and oxygen atoms in total. The first-order valence-corrected chi connectivity index (χ1v) is 7.00. The summed E-state index contributed by atoms with van der Waals surface area (Å²) in [6, 6.07) is 0. The Labute approximate surface area is 116 Å². The highest BCUT2D eigenvalue weighted by Gasteiger charge is 2.64. The molecule has 0 saturated heterocycles. The SMILES string of the molecule is CCC(C)(C(=O)NCC1C(C)(C)C1(C)C)C(N)=S. The predicted molar refractivity (Wildman–Crippen MR) is 79.2 cm³/mol. The molecular weight excluding hydrogens is 244 g/mol. The van der Waals surface area contributed by atoms with Crippen molar-refractivity contribution in [3.05, 3.63) is 0 Å². The van der Waals surface area contributed by atoms with Crippen molar-refractivity contribution in [2.24, 2.45) is 27.9 Å². The van der Waals surface area contributed by atoms with E-state index in [4.69, 9.17) is 18.0 Å². The Morgan fingerprint density at radius 3 is 2.06 bits per heavy atom. The zero-order valence-corrected chi connectivity index (χ0v) is 13.2. The molecule has 0 aromatic heterocycles. The Balaban J connectivity index is 2.61. The maximum atomic E-state index is 12.2. The van der Waals surface area contributed by atoms with Crippen LogP contribution in [0.25, 0.3) is 0 Å². The minimum absolute atomic E-state index is 0.0454. The van der Waals surface area contributed by atoms with E-state index >= 15 is 0 Å². The van der Waals surface area contributed by atoms with Gasteiger partial charge in [-0.15, -0.1) is 0 Å². The van der Waals surface area contributed by atoms with E-state index in [1.807, 2.05) is 13.8 Å². The topological polar surface area (TPSA) is 55.1 Å². The van der Waals surface area contributed by atoms with Crippen LogP contribution in [-0.2, 0) is 4.79 Å². The first-order chi connectivity index (χ1) is 8.01. The lowest BCUT2D eigenvalue weighted by Gasteiger charge is -2.25. The third-order valence-corrected chi connectivity index (χ3v) is 5.99. The summed E-state index contributed by atoms with van der Waals surface area (Å²) in [6.45, 7) is 13.4. The molecule has 1 aliphatic carbocycles. The van der Waals surface area contributed by atoms with Gasteiger partial charge < -0.3 is 11.1 Å². The van der Waals surface area contributed by atoms with Gasteiger partial charge in [-0.25, -0.2) is 0 Å². The first-order valence-electron chi connectivity index (χ1n) is 6.60. The number of amides is 1. The molecule has 1 saturated carbocycles. The molecule has 4 heteroatoms. The molecule has 0 radical (unpaired) electrons. The molecular formula is C14H26N2OS. The number of hydrogen-bond donors (Lipinski definition) is 2. The molecule has 1 unspecified atom stereocenters. The Kier molecular flexibility index (Phi) is 3.84. The van der Waals surface area contributed by atoms with Gasteiger partial charge in [0.05, 0.1) is 10.4 Å². The number of rotatable bonds is 5. The molecule has 1 amide bonds. The Morgan fingerprint density at radius 2 is 1.78 bits per heavy atom. The molecule has 1 fully saturated rings. The molecule has 1 rings (SSSR count). The zero-order chi connectivity index (χ0) is 14.4. The highest BCUT2D eigenvalue weighted by molar-refractivity contribution is 7.80. The lowest BCUT2D eigenvalue weighted by molar-refractivity contribution is -0.127. The average molecular weight is 270 g/mol. The Hall–Kier alpha value is -0.640. The Bertz CT molecular complexity index is 362. The summed E-state index contributed by atoms with van der Waals surface area (Å²) in [6.07, 6.45) is 0.631. The molecule has 1 aliphatic rings. The van der Waals surface area contributed by atoms with Crippen molar-refractivity contribution in [3.8, 4) is 0 Å². The third-order valence-electron chi connectivity index (χ3n) is 5.54. The summed E-state index contributed by atoms with van der Waals surface area (Å²) in [5.74, 6) is 0.470. The molecule has 1 atom stereocenters. The minimum atomic E-state index is -0.724. The van der Waals surface area contributed by atoms with Crippen molar-refractivity contribution >= 4 is 23.1 Å². The van der Waals surface area contributed by atoms with Gasteiger partial charge in [0, 0.05) is 6.54 Å². The van der Waals surface area contributed by atoms with Crippen molar-refractivity contribution < 1.29 is 4.79 Å². The van der Waals surface area contributed by atoms with Crippen LogP contribution in [0.4, 0.5) is 0 Å². The molecule has 104 valence electrons. The second-order valence-corrected chi connectivity index (χ2v) is 7.20. The van der Waals surface area contributed by atoms with Crippen molar-refractivity contribution in [3.63, 3.8) is 0 Å². The summed E-state index contributed by atoms with van der Waals surface area (Å²) >= 11 is 5.01. The number of hydrogen-bond acceptors (Lipinski definition) is 2. The van der Waals surface area contributed by atoms with E-state index in [0.29, 0.717) is 18.9 Å². The number of carbonyl (C=O) groups excluding carboxylic acids is 1. The molecule has 3 N–H and O–H groups in total. The highest BCUT2D eigenvalue weighted by Crippen LogP contribution is 2.67. The smallest absolute Gasteiger partial charge is 0.232 e. The van der Waals surface area contributed by atoms with Crippen LogP contribution in [0.1, 0.15) is 48.0 Å². The Morgan fingerprint density at radius 1 is 1.33 bits per heavy atom. The van der Waals surface area contributed by atoms with E-state index < -0.39 is 5.41 Å². The fourth-order valence-electron chi connectivity index (χ4n) is 2.68. The predicted octanol–water partition coefficient (Wildman–Crippen LogP) is 2.49. The van der Waals surface area contributed by atoms with Crippen LogP contribution in [0.3, 0.4) is 0 Å². The van der Waals surface area contributed by atoms with Gasteiger partial charge in [0.25, 0.3) is 0 Å². The average Bonchev–Trinajstić information content (AvgIpc) is 2.65. The number of nitrogens with one attached hydrogen (secondary N) is 1. The number of nitrogens with two attached hydrogens (primary N) is 1. The summed E-state index contributed by atoms with van der Waals surface area (Å²) in [7, 11) is 0. The van der Waals surface area contributed by atoms with Crippen LogP contribution in [0.5, 0.6) is 0 Å². The van der Waals surface area contributed by atoms with Crippen LogP contribution in [0.2, 0.25) is 0 Å². The van der Waals surface area contributed by atoms with Crippen LogP contribution >= 0.6 is 12.2 Å². The summed E-state index contributed by atoms with van der Waals surface area (Å²) < 4.78 is 0. The molecule has 0 spiro atoms. The second-order valence-electron chi connectivity index (χ2n) is 6.76.